The average molecular weight is 367 g/mol. The number of methoxy groups -OCH3 is 1. The van der Waals surface area contributed by atoms with E-state index in [1.807, 2.05) is 0 Å². The molecule has 0 N–H and O–H groups in total. The van der Waals surface area contributed by atoms with Crippen LogP contribution >= 0.6 is 0 Å². The first-order chi connectivity index (χ1) is 12.5. The Balaban J connectivity index is 3.43. The maximum atomic E-state index is 5.82. The molecule has 0 aliphatic carbocycles. The van der Waals surface area contributed by atoms with Gasteiger partial charge in [-0.25, -0.2) is 0 Å². The number of allylic oxidation sites excluding steroid dienone is 4. The molecule has 0 spiro atoms. The van der Waals surface area contributed by atoms with Crippen molar-refractivity contribution in [1.82, 2.24) is 0 Å². The summed E-state index contributed by atoms with van der Waals surface area (Å²) in [4.78, 5) is 0. The van der Waals surface area contributed by atoms with Crippen molar-refractivity contribution in [2.75, 3.05) is 13.7 Å². The van der Waals surface area contributed by atoms with Gasteiger partial charge in [-0.05, 0) is 59.3 Å². The third-order valence-electron chi connectivity index (χ3n) is 4.51. The zero-order valence-corrected chi connectivity index (χ0v) is 18.4. The predicted octanol–water partition coefficient (Wildman–Crippen LogP) is 7.63. The van der Waals surface area contributed by atoms with E-state index < -0.39 is 0 Å². The number of hydrogen-bond donors (Lipinski definition) is 0. The molecule has 0 amide bonds. The molecule has 0 aliphatic heterocycles. The Kier molecular flexibility index (Phi) is 17.4. The Bertz CT molecular complexity index is 339. The van der Waals surface area contributed by atoms with Gasteiger partial charge in [0.25, 0.3) is 0 Å². The summed E-state index contributed by atoms with van der Waals surface area (Å²) in [5.41, 5.74) is -0.0743. The summed E-state index contributed by atoms with van der Waals surface area (Å²) in [7, 11) is 1.80. The van der Waals surface area contributed by atoms with E-state index in [1.54, 1.807) is 7.11 Å². The monoisotopic (exact) mass is 366 g/mol. The third-order valence-corrected chi connectivity index (χ3v) is 4.51. The van der Waals surface area contributed by atoms with Crippen LogP contribution in [0.2, 0.25) is 0 Å². The van der Waals surface area contributed by atoms with Gasteiger partial charge >= 0.3 is 0 Å². The molecule has 0 rings (SSSR count). The third kappa shape index (κ3) is 19.7. The van der Waals surface area contributed by atoms with Crippen LogP contribution in [0.4, 0.5) is 0 Å². The SMILES string of the molecule is CCCCCC=CCC=CCCCCCCCC(COC(C)(C)C)OC. The van der Waals surface area contributed by atoms with Crippen LogP contribution in [0.25, 0.3) is 0 Å². The quantitative estimate of drug-likeness (QED) is 0.194. The molecule has 0 radical (unpaired) electrons. The second kappa shape index (κ2) is 17.8. The minimum atomic E-state index is -0.0743. The standard InChI is InChI=1S/C24H46O2/c1-6-7-8-9-10-11-12-13-14-15-16-17-18-19-20-21-23(25-5)22-26-24(2,3)4/h10-11,13-14,23H,6-9,12,15-22H2,1-5H3. The normalized spacial score (nSPS) is 13.9. The van der Waals surface area contributed by atoms with Crippen LogP contribution in [0, 0.1) is 0 Å². The fraction of sp³-hybridized carbons (Fsp3) is 0.833. The fourth-order valence-corrected chi connectivity index (χ4v) is 2.80. The maximum absolute atomic E-state index is 5.82. The van der Waals surface area contributed by atoms with E-state index >= 15 is 0 Å². The van der Waals surface area contributed by atoms with Crippen LogP contribution < -0.4 is 0 Å². The highest BCUT2D eigenvalue weighted by atomic mass is 16.5. The molecule has 0 aliphatic rings. The summed E-state index contributed by atoms with van der Waals surface area (Å²) in [6.07, 6.45) is 24.8. The molecule has 1 atom stereocenters. The van der Waals surface area contributed by atoms with Crippen molar-refractivity contribution in [3.63, 3.8) is 0 Å². The Morgan fingerprint density at radius 2 is 1.35 bits per heavy atom. The second-order valence-corrected chi connectivity index (χ2v) is 8.30. The number of unbranched alkanes of at least 4 members (excludes halogenated alkanes) is 8. The van der Waals surface area contributed by atoms with Crippen molar-refractivity contribution in [3.8, 4) is 0 Å². The van der Waals surface area contributed by atoms with Gasteiger partial charge in [0, 0.05) is 7.11 Å². The second-order valence-electron chi connectivity index (χ2n) is 8.30. The summed E-state index contributed by atoms with van der Waals surface area (Å²) in [6.45, 7) is 9.25. The molecule has 2 nitrogen and oxygen atoms in total. The van der Waals surface area contributed by atoms with Gasteiger partial charge in [-0.3, -0.25) is 0 Å². The van der Waals surface area contributed by atoms with Crippen LogP contribution in [-0.4, -0.2) is 25.4 Å². The summed E-state index contributed by atoms with van der Waals surface area (Å²) in [5.74, 6) is 0. The highest BCUT2D eigenvalue weighted by Crippen LogP contribution is 2.14. The molecule has 0 heterocycles. The van der Waals surface area contributed by atoms with Gasteiger partial charge in [0.1, 0.15) is 0 Å². The average Bonchev–Trinajstić information content (AvgIpc) is 2.60. The molecule has 0 bridgehead atoms. The molecular weight excluding hydrogens is 320 g/mol. The Hall–Kier alpha value is -0.600. The van der Waals surface area contributed by atoms with E-state index in [-0.39, 0.29) is 11.7 Å². The van der Waals surface area contributed by atoms with E-state index in [0.29, 0.717) is 6.61 Å². The van der Waals surface area contributed by atoms with Crippen LogP contribution in [0.15, 0.2) is 24.3 Å². The molecule has 2 heteroatoms. The zero-order chi connectivity index (χ0) is 19.5. The van der Waals surface area contributed by atoms with E-state index in [2.05, 4.69) is 52.0 Å². The largest absolute Gasteiger partial charge is 0.379 e. The van der Waals surface area contributed by atoms with E-state index in [9.17, 15) is 0 Å². The van der Waals surface area contributed by atoms with Gasteiger partial charge in [-0.2, -0.15) is 0 Å². The maximum Gasteiger partial charge on any atom is 0.0805 e. The Morgan fingerprint density at radius 1 is 0.769 bits per heavy atom. The first kappa shape index (κ1) is 25.4. The molecule has 0 saturated carbocycles. The summed E-state index contributed by atoms with van der Waals surface area (Å²) >= 11 is 0. The van der Waals surface area contributed by atoms with E-state index in [0.717, 1.165) is 12.8 Å². The van der Waals surface area contributed by atoms with Crippen LogP contribution in [0.1, 0.15) is 105 Å². The molecule has 0 aromatic rings. The van der Waals surface area contributed by atoms with Gasteiger partial charge in [0.05, 0.1) is 18.3 Å². The van der Waals surface area contributed by atoms with Crippen molar-refractivity contribution in [2.24, 2.45) is 0 Å². The molecule has 1 unspecified atom stereocenters. The topological polar surface area (TPSA) is 18.5 Å². The van der Waals surface area contributed by atoms with Gasteiger partial charge in [-0.15, -0.1) is 0 Å². The van der Waals surface area contributed by atoms with Crippen LogP contribution in [-0.2, 0) is 9.47 Å². The molecule has 26 heavy (non-hydrogen) atoms. The summed E-state index contributed by atoms with van der Waals surface area (Å²) in [5, 5.41) is 0. The lowest BCUT2D eigenvalue weighted by atomic mass is 10.1. The lowest BCUT2D eigenvalue weighted by Crippen LogP contribution is -2.27. The molecule has 0 fully saturated rings. The zero-order valence-electron chi connectivity index (χ0n) is 18.4. The summed E-state index contributed by atoms with van der Waals surface area (Å²) in [6, 6.07) is 0. The van der Waals surface area contributed by atoms with E-state index in [1.165, 1.54) is 64.2 Å². The highest BCUT2D eigenvalue weighted by molar-refractivity contribution is 4.92. The number of rotatable bonds is 17. The van der Waals surface area contributed by atoms with Gasteiger partial charge in [-0.1, -0.05) is 69.8 Å². The first-order valence-electron chi connectivity index (χ1n) is 11.0. The lowest BCUT2D eigenvalue weighted by molar-refractivity contribution is -0.0632. The van der Waals surface area contributed by atoms with Crippen molar-refractivity contribution >= 4 is 0 Å². The fourth-order valence-electron chi connectivity index (χ4n) is 2.80. The van der Waals surface area contributed by atoms with Crippen molar-refractivity contribution in [2.45, 2.75) is 116 Å². The first-order valence-corrected chi connectivity index (χ1v) is 11.0. The van der Waals surface area contributed by atoms with E-state index in [4.69, 9.17) is 9.47 Å². The van der Waals surface area contributed by atoms with Crippen molar-refractivity contribution in [3.05, 3.63) is 24.3 Å². The molecular formula is C24H46O2. The predicted molar refractivity (Wildman–Crippen MR) is 116 cm³/mol. The van der Waals surface area contributed by atoms with Gasteiger partial charge in [0.15, 0.2) is 0 Å². The molecule has 0 aromatic carbocycles. The minimum absolute atomic E-state index is 0.0743. The van der Waals surface area contributed by atoms with Crippen molar-refractivity contribution < 1.29 is 9.47 Å². The Labute approximate surface area is 164 Å². The number of ether oxygens (including phenoxy) is 2. The number of hydrogen-bond acceptors (Lipinski definition) is 2. The molecule has 154 valence electrons. The molecule has 0 saturated heterocycles. The lowest BCUT2D eigenvalue weighted by Gasteiger charge is -2.23. The smallest absolute Gasteiger partial charge is 0.0805 e. The van der Waals surface area contributed by atoms with Crippen molar-refractivity contribution in [1.29, 1.82) is 0 Å². The van der Waals surface area contributed by atoms with Gasteiger partial charge in [0.2, 0.25) is 0 Å². The molecule has 0 aromatic heterocycles. The highest BCUT2D eigenvalue weighted by Gasteiger charge is 2.14. The minimum Gasteiger partial charge on any atom is -0.379 e. The van der Waals surface area contributed by atoms with Gasteiger partial charge < -0.3 is 9.47 Å². The van der Waals surface area contributed by atoms with Crippen LogP contribution in [0.3, 0.4) is 0 Å². The Morgan fingerprint density at radius 3 is 1.92 bits per heavy atom. The summed E-state index contributed by atoms with van der Waals surface area (Å²) < 4.78 is 11.3. The van der Waals surface area contributed by atoms with Crippen LogP contribution in [0.5, 0.6) is 0 Å².